The van der Waals surface area contributed by atoms with Gasteiger partial charge in [0.05, 0.1) is 0 Å². The van der Waals surface area contributed by atoms with Gasteiger partial charge in [-0.2, -0.15) is 11.3 Å². The van der Waals surface area contributed by atoms with Gasteiger partial charge >= 0.3 is 0 Å². The summed E-state index contributed by atoms with van der Waals surface area (Å²) in [6.07, 6.45) is 5.08. The Morgan fingerprint density at radius 1 is 1.32 bits per heavy atom. The lowest BCUT2D eigenvalue weighted by Crippen LogP contribution is -2.34. The van der Waals surface area contributed by atoms with Crippen LogP contribution in [0.3, 0.4) is 0 Å². The van der Waals surface area contributed by atoms with Crippen LogP contribution in [0.2, 0.25) is 0 Å². The number of thiophene rings is 1. The largest absolute Gasteiger partial charge is 0.313 e. The molecular formula is C15H19BrN2S. The lowest BCUT2D eigenvalue weighted by Gasteiger charge is -2.17. The first kappa shape index (κ1) is 14.7. The molecule has 0 radical (unpaired) electrons. The molecule has 0 aromatic carbocycles. The Labute approximate surface area is 127 Å². The van der Waals surface area contributed by atoms with Gasteiger partial charge < -0.3 is 5.32 Å². The molecule has 0 saturated heterocycles. The molecule has 1 atom stereocenters. The van der Waals surface area contributed by atoms with E-state index in [2.05, 4.69) is 62.1 Å². The minimum Gasteiger partial charge on any atom is -0.313 e. The van der Waals surface area contributed by atoms with Crippen LogP contribution in [-0.4, -0.2) is 17.6 Å². The maximum atomic E-state index is 4.47. The fourth-order valence-electron chi connectivity index (χ4n) is 2.04. The van der Waals surface area contributed by atoms with E-state index in [9.17, 15) is 0 Å². The zero-order chi connectivity index (χ0) is 13.5. The van der Waals surface area contributed by atoms with Crippen LogP contribution in [0.5, 0.6) is 0 Å². The Bertz CT molecular complexity index is 467. The highest BCUT2D eigenvalue weighted by molar-refractivity contribution is 9.10. The molecule has 2 nitrogen and oxygen atoms in total. The van der Waals surface area contributed by atoms with E-state index in [1.807, 2.05) is 6.20 Å². The van der Waals surface area contributed by atoms with Gasteiger partial charge in [0.15, 0.2) is 0 Å². The summed E-state index contributed by atoms with van der Waals surface area (Å²) in [5.41, 5.74) is 2.56. The monoisotopic (exact) mass is 338 g/mol. The second-order valence-electron chi connectivity index (χ2n) is 4.66. The van der Waals surface area contributed by atoms with E-state index >= 15 is 0 Å². The number of aromatic nitrogens is 1. The predicted molar refractivity (Wildman–Crippen MR) is 85.7 cm³/mol. The number of nitrogens with one attached hydrogen (secondary N) is 1. The first-order chi connectivity index (χ1) is 9.28. The molecule has 0 aliphatic heterocycles. The molecule has 102 valence electrons. The van der Waals surface area contributed by atoms with Gasteiger partial charge in [-0.05, 0) is 69.8 Å². The quantitative estimate of drug-likeness (QED) is 0.823. The fourth-order valence-corrected chi connectivity index (χ4v) is 2.95. The zero-order valence-corrected chi connectivity index (χ0v) is 13.5. The Morgan fingerprint density at radius 3 is 2.84 bits per heavy atom. The molecule has 1 unspecified atom stereocenters. The molecule has 4 heteroatoms. The van der Waals surface area contributed by atoms with Crippen molar-refractivity contribution in [3.63, 3.8) is 0 Å². The normalized spacial score (nSPS) is 12.5. The second kappa shape index (κ2) is 7.78. The number of halogens is 1. The molecule has 2 heterocycles. The van der Waals surface area contributed by atoms with Crippen molar-refractivity contribution in [2.24, 2.45) is 0 Å². The Balaban J connectivity index is 1.98. The molecule has 0 aliphatic rings. The molecule has 0 bridgehead atoms. The fraction of sp³-hybridized carbons (Fsp3) is 0.400. The number of nitrogens with zero attached hydrogens (tertiary/aromatic N) is 1. The first-order valence-corrected chi connectivity index (χ1v) is 8.36. The molecule has 19 heavy (non-hydrogen) atoms. The van der Waals surface area contributed by atoms with Crippen molar-refractivity contribution in [3.8, 4) is 0 Å². The van der Waals surface area contributed by atoms with E-state index in [-0.39, 0.29) is 0 Å². The van der Waals surface area contributed by atoms with Crippen LogP contribution < -0.4 is 5.32 Å². The van der Waals surface area contributed by atoms with Crippen LogP contribution >= 0.6 is 27.3 Å². The Hall–Kier alpha value is -0.710. The number of pyridine rings is 1. The molecule has 0 aliphatic carbocycles. The minimum absolute atomic E-state index is 0.461. The van der Waals surface area contributed by atoms with Crippen LogP contribution in [0.15, 0.2) is 39.6 Å². The van der Waals surface area contributed by atoms with E-state index in [0.29, 0.717) is 6.04 Å². The van der Waals surface area contributed by atoms with E-state index < -0.39 is 0 Å². The molecule has 0 fully saturated rings. The molecule has 0 amide bonds. The van der Waals surface area contributed by atoms with Gasteiger partial charge in [0.1, 0.15) is 0 Å². The predicted octanol–water partition coefficient (Wildman–Crippen LogP) is 4.06. The molecular weight excluding hydrogens is 320 g/mol. The van der Waals surface area contributed by atoms with Gasteiger partial charge in [-0.25, -0.2) is 0 Å². The van der Waals surface area contributed by atoms with Gasteiger partial charge in [-0.15, -0.1) is 0 Å². The van der Waals surface area contributed by atoms with Crippen LogP contribution in [-0.2, 0) is 12.8 Å². The summed E-state index contributed by atoms with van der Waals surface area (Å²) in [7, 11) is 0. The number of rotatable bonds is 7. The summed E-state index contributed by atoms with van der Waals surface area (Å²) in [4.78, 5) is 4.47. The van der Waals surface area contributed by atoms with E-state index in [4.69, 9.17) is 0 Å². The molecule has 2 rings (SSSR count). The summed E-state index contributed by atoms with van der Waals surface area (Å²) in [6.45, 7) is 3.26. The van der Waals surface area contributed by atoms with E-state index in [0.717, 1.165) is 36.0 Å². The van der Waals surface area contributed by atoms with Crippen LogP contribution in [0.4, 0.5) is 0 Å². The van der Waals surface area contributed by atoms with Crippen molar-refractivity contribution >= 4 is 27.3 Å². The lowest BCUT2D eigenvalue weighted by molar-refractivity contribution is 0.501. The molecule has 0 spiro atoms. The van der Waals surface area contributed by atoms with Crippen molar-refractivity contribution in [2.75, 3.05) is 6.54 Å². The van der Waals surface area contributed by atoms with Crippen molar-refractivity contribution < 1.29 is 0 Å². The topological polar surface area (TPSA) is 24.9 Å². The number of hydrogen-bond donors (Lipinski definition) is 1. The van der Waals surface area contributed by atoms with Gasteiger partial charge in [0, 0.05) is 28.8 Å². The van der Waals surface area contributed by atoms with Gasteiger partial charge in [-0.1, -0.05) is 6.92 Å². The highest BCUT2D eigenvalue weighted by atomic mass is 79.9. The summed E-state index contributed by atoms with van der Waals surface area (Å²) in [5.74, 6) is 0. The third-order valence-corrected chi connectivity index (χ3v) is 4.19. The average Bonchev–Trinajstić information content (AvgIpc) is 2.91. The maximum absolute atomic E-state index is 4.47. The Morgan fingerprint density at radius 2 is 2.21 bits per heavy atom. The van der Waals surface area contributed by atoms with Crippen molar-refractivity contribution in [1.82, 2.24) is 10.3 Å². The SMILES string of the molecule is CCCNC(Cc1ccsc1)Cc1ccc(Br)cn1. The van der Waals surface area contributed by atoms with E-state index in [1.165, 1.54) is 5.56 Å². The first-order valence-electron chi connectivity index (χ1n) is 6.63. The highest BCUT2D eigenvalue weighted by Gasteiger charge is 2.11. The third-order valence-electron chi connectivity index (χ3n) is 2.99. The highest BCUT2D eigenvalue weighted by Crippen LogP contribution is 2.13. The molecule has 0 saturated carbocycles. The Kier molecular flexibility index (Phi) is 6.01. The maximum Gasteiger partial charge on any atom is 0.0420 e. The standard InChI is InChI=1S/C15H19BrN2S/c1-2-6-17-15(8-12-5-7-19-11-12)9-14-4-3-13(16)10-18-14/h3-5,7,10-11,15,17H,2,6,8-9H2,1H3. The van der Waals surface area contributed by atoms with Crippen molar-refractivity contribution in [1.29, 1.82) is 0 Å². The number of hydrogen-bond acceptors (Lipinski definition) is 3. The minimum atomic E-state index is 0.461. The summed E-state index contributed by atoms with van der Waals surface area (Å²) < 4.78 is 1.03. The van der Waals surface area contributed by atoms with Gasteiger partial charge in [0.2, 0.25) is 0 Å². The summed E-state index contributed by atoms with van der Waals surface area (Å²) in [6, 6.07) is 6.82. The summed E-state index contributed by atoms with van der Waals surface area (Å²) in [5, 5.41) is 8.00. The van der Waals surface area contributed by atoms with Crippen molar-refractivity contribution in [2.45, 2.75) is 32.2 Å². The van der Waals surface area contributed by atoms with E-state index in [1.54, 1.807) is 11.3 Å². The summed E-state index contributed by atoms with van der Waals surface area (Å²) >= 11 is 5.19. The molecule has 2 aromatic rings. The van der Waals surface area contributed by atoms with Crippen molar-refractivity contribution in [3.05, 3.63) is 50.9 Å². The van der Waals surface area contributed by atoms with Gasteiger partial charge in [0.25, 0.3) is 0 Å². The van der Waals surface area contributed by atoms with Crippen LogP contribution in [0, 0.1) is 0 Å². The zero-order valence-electron chi connectivity index (χ0n) is 11.1. The molecule has 2 aromatic heterocycles. The lowest BCUT2D eigenvalue weighted by atomic mass is 10.0. The van der Waals surface area contributed by atoms with Crippen LogP contribution in [0.1, 0.15) is 24.6 Å². The molecule has 1 N–H and O–H groups in total. The van der Waals surface area contributed by atoms with Crippen LogP contribution in [0.25, 0.3) is 0 Å². The second-order valence-corrected chi connectivity index (χ2v) is 6.35. The smallest absolute Gasteiger partial charge is 0.0420 e. The van der Waals surface area contributed by atoms with Gasteiger partial charge in [-0.3, -0.25) is 4.98 Å². The third kappa shape index (κ3) is 5.05. The average molecular weight is 339 g/mol.